The molecule has 2 aliphatic heterocycles. The van der Waals surface area contributed by atoms with E-state index in [9.17, 15) is 8.42 Å². The van der Waals surface area contributed by atoms with E-state index in [1.54, 1.807) is 20.8 Å². The van der Waals surface area contributed by atoms with Crippen molar-refractivity contribution in [1.82, 2.24) is 10.2 Å². The Morgan fingerprint density at radius 1 is 1.15 bits per heavy atom. The van der Waals surface area contributed by atoms with E-state index in [1.165, 1.54) is 32.2 Å². The zero-order valence-corrected chi connectivity index (χ0v) is 14.0. The Hall–Kier alpha value is -0.130. The van der Waals surface area contributed by atoms with Gasteiger partial charge in [0.15, 0.2) is 9.84 Å². The van der Waals surface area contributed by atoms with Gasteiger partial charge in [-0.3, -0.25) is 0 Å². The Kier molecular flexibility index (Phi) is 5.14. The van der Waals surface area contributed by atoms with Gasteiger partial charge in [-0.05, 0) is 72.0 Å². The molecule has 0 aromatic rings. The predicted molar refractivity (Wildman–Crippen MR) is 83.7 cm³/mol. The maximum atomic E-state index is 12.1. The van der Waals surface area contributed by atoms with Crippen LogP contribution < -0.4 is 5.32 Å². The summed E-state index contributed by atoms with van der Waals surface area (Å²) in [5, 5.41) is 3.60. The molecule has 2 saturated heterocycles. The number of nitrogens with zero attached hydrogens (tertiary/aromatic N) is 1. The molecule has 2 heterocycles. The number of hydrogen-bond acceptors (Lipinski definition) is 4. The third kappa shape index (κ3) is 3.95. The van der Waals surface area contributed by atoms with Gasteiger partial charge < -0.3 is 10.2 Å². The van der Waals surface area contributed by atoms with Crippen LogP contribution in [0.2, 0.25) is 0 Å². The largest absolute Gasteiger partial charge is 0.314 e. The van der Waals surface area contributed by atoms with Gasteiger partial charge in [0, 0.05) is 12.6 Å². The van der Waals surface area contributed by atoms with Gasteiger partial charge >= 0.3 is 0 Å². The highest BCUT2D eigenvalue weighted by Gasteiger charge is 2.31. The van der Waals surface area contributed by atoms with E-state index >= 15 is 0 Å². The number of nitrogens with one attached hydrogen (secondary N) is 1. The Bertz CT molecular complexity index is 400. The standard InChI is InChI=1S/C15H30N2O2S/c1-15(2,3)20(18,19)12-11-17-9-6-13(7-10-17)14-5-4-8-16-14/h13-14,16H,4-12H2,1-3H3. The molecule has 0 bridgehead atoms. The number of sulfone groups is 1. The van der Waals surface area contributed by atoms with E-state index in [0.29, 0.717) is 12.3 Å². The lowest BCUT2D eigenvalue weighted by Crippen LogP contribution is -2.43. The highest BCUT2D eigenvalue weighted by molar-refractivity contribution is 7.92. The molecule has 118 valence electrons. The summed E-state index contributed by atoms with van der Waals surface area (Å²) in [6.07, 6.45) is 5.07. The molecule has 1 atom stereocenters. The van der Waals surface area contributed by atoms with Crippen LogP contribution >= 0.6 is 0 Å². The first-order valence-corrected chi connectivity index (χ1v) is 9.63. The van der Waals surface area contributed by atoms with Crippen LogP contribution in [0.25, 0.3) is 0 Å². The number of piperidine rings is 1. The second-order valence-electron chi connectivity index (χ2n) is 7.31. The summed E-state index contributed by atoms with van der Waals surface area (Å²) >= 11 is 0. The Morgan fingerprint density at radius 3 is 2.30 bits per heavy atom. The SMILES string of the molecule is CC(C)(C)S(=O)(=O)CCN1CCC(C2CCCN2)CC1. The smallest absolute Gasteiger partial charge is 0.156 e. The summed E-state index contributed by atoms with van der Waals surface area (Å²) in [5.74, 6) is 1.09. The Morgan fingerprint density at radius 2 is 1.80 bits per heavy atom. The zero-order chi connectivity index (χ0) is 14.8. The summed E-state index contributed by atoms with van der Waals surface area (Å²) in [6.45, 7) is 9.37. The second-order valence-corrected chi connectivity index (χ2v) is 10.2. The molecule has 5 heteroatoms. The molecule has 0 aliphatic carbocycles. The van der Waals surface area contributed by atoms with Crippen molar-refractivity contribution < 1.29 is 8.42 Å². The lowest BCUT2D eigenvalue weighted by Gasteiger charge is -2.35. The van der Waals surface area contributed by atoms with Gasteiger partial charge in [-0.15, -0.1) is 0 Å². The quantitative estimate of drug-likeness (QED) is 0.858. The van der Waals surface area contributed by atoms with Crippen LogP contribution in [0.4, 0.5) is 0 Å². The summed E-state index contributed by atoms with van der Waals surface area (Å²) < 4.78 is 23.6. The monoisotopic (exact) mass is 302 g/mol. The van der Waals surface area contributed by atoms with Crippen molar-refractivity contribution in [3.05, 3.63) is 0 Å². The van der Waals surface area contributed by atoms with Crippen LogP contribution in [0.15, 0.2) is 0 Å². The Balaban J connectivity index is 1.75. The van der Waals surface area contributed by atoms with Crippen molar-refractivity contribution in [2.24, 2.45) is 5.92 Å². The normalized spacial score (nSPS) is 27.1. The molecular formula is C15H30N2O2S. The minimum atomic E-state index is -2.98. The van der Waals surface area contributed by atoms with Crippen LogP contribution in [-0.4, -0.2) is 56.0 Å². The number of likely N-dealkylation sites (tertiary alicyclic amines) is 1. The minimum Gasteiger partial charge on any atom is -0.314 e. The molecule has 20 heavy (non-hydrogen) atoms. The van der Waals surface area contributed by atoms with Crippen LogP contribution in [0.3, 0.4) is 0 Å². The minimum absolute atomic E-state index is 0.294. The summed E-state index contributed by atoms with van der Waals surface area (Å²) in [7, 11) is -2.98. The van der Waals surface area contributed by atoms with Crippen molar-refractivity contribution in [3.63, 3.8) is 0 Å². The van der Waals surface area contributed by atoms with Crippen LogP contribution in [0.1, 0.15) is 46.5 Å². The molecule has 0 amide bonds. The third-order valence-corrected chi connectivity index (χ3v) is 7.50. The van der Waals surface area contributed by atoms with Crippen LogP contribution in [-0.2, 0) is 9.84 Å². The van der Waals surface area contributed by atoms with E-state index in [4.69, 9.17) is 0 Å². The lowest BCUT2D eigenvalue weighted by molar-refractivity contribution is 0.170. The van der Waals surface area contributed by atoms with Crippen LogP contribution in [0, 0.1) is 5.92 Å². The summed E-state index contributed by atoms with van der Waals surface area (Å²) in [4.78, 5) is 2.33. The van der Waals surface area contributed by atoms with Crippen molar-refractivity contribution >= 4 is 9.84 Å². The maximum absolute atomic E-state index is 12.1. The maximum Gasteiger partial charge on any atom is 0.156 e. The van der Waals surface area contributed by atoms with Crippen LogP contribution in [0.5, 0.6) is 0 Å². The molecule has 1 N–H and O–H groups in total. The van der Waals surface area contributed by atoms with Gasteiger partial charge in [0.2, 0.25) is 0 Å². The average Bonchev–Trinajstić information content (AvgIpc) is 2.89. The molecule has 0 radical (unpaired) electrons. The molecule has 2 fully saturated rings. The zero-order valence-electron chi connectivity index (χ0n) is 13.2. The molecule has 0 saturated carbocycles. The first-order valence-electron chi connectivity index (χ1n) is 7.98. The second kappa shape index (κ2) is 6.32. The van der Waals surface area contributed by atoms with E-state index in [-0.39, 0.29) is 0 Å². The molecule has 0 spiro atoms. The van der Waals surface area contributed by atoms with Gasteiger partial charge in [-0.25, -0.2) is 8.42 Å². The van der Waals surface area contributed by atoms with Gasteiger partial charge in [0.1, 0.15) is 0 Å². The summed E-state index contributed by atoms with van der Waals surface area (Å²) in [5.41, 5.74) is 0. The van der Waals surface area contributed by atoms with E-state index in [2.05, 4.69) is 10.2 Å². The average molecular weight is 302 g/mol. The van der Waals surface area contributed by atoms with Crippen molar-refractivity contribution in [3.8, 4) is 0 Å². The molecule has 4 nitrogen and oxygen atoms in total. The Labute approximate surface area is 124 Å². The molecule has 1 unspecified atom stereocenters. The topological polar surface area (TPSA) is 49.4 Å². The summed E-state index contributed by atoms with van der Waals surface area (Å²) in [6, 6.07) is 0.718. The number of rotatable bonds is 4. The highest BCUT2D eigenvalue weighted by atomic mass is 32.2. The molecule has 2 aliphatic rings. The van der Waals surface area contributed by atoms with Crippen molar-refractivity contribution in [1.29, 1.82) is 0 Å². The first-order chi connectivity index (χ1) is 9.29. The molecule has 0 aromatic heterocycles. The van der Waals surface area contributed by atoms with E-state index in [0.717, 1.165) is 25.0 Å². The molecular weight excluding hydrogens is 272 g/mol. The van der Waals surface area contributed by atoms with Gasteiger partial charge in [0.05, 0.1) is 10.5 Å². The fourth-order valence-electron chi connectivity index (χ4n) is 3.25. The lowest BCUT2D eigenvalue weighted by atomic mass is 9.88. The van der Waals surface area contributed by atoms with Gasteiger partial charge in [0.25, 0.3) is 0 Å². The highest BCUT2D eigenvalue weighted by Crippen LogP contribution is 2.25. The van der Waals surface area contributed by atoms with E-state index < -0.39 is 14.6 Å². The molecule has 2 rings (SSSR count). The number of hydrogen-bond donors (Lipinski definition) is 1. The predicted octanol–water partition coefficient (Wildman–Crippen LogP) is 1.66. The van der Waals surface area contributed by atoms with Gasteiger partial charge in [-0.1, -0.05) is 0 Å². The van der Waals surface area contributed by atoms with E-state index in [1.807, 2.05) is 0 Å². The fraction of sp³-hybridized carbons (Fsp3) is 1.00. The van der Waals surface area contributed by atoms with Gasteiger partial charge in [-0.2, -0.15) is 0 Å². The fourth-order valence-corrected chi connectivity index (χ4v) is 4.36. The van der Waals surface area contributed by atoms with Crippen molar-refractivity contribution in [2.75, 3.05) is 31.9 Å². The first kappa shape index (κ1) is 16.2. The van der Waals surface area contributed by atoms with Crippen molar-refractivity contribution in [2.45, 2.75) is 57.2 Å². The third-order valence-electron chi connectivity index (χ3n) is 4.91. The molecule has 0 aromatic carbocycles.